The van der Waals surface area contributed by atoms with Gasteiger partial charge in [0.2, 0.25) is 0 Å². The zero-order valence-corrected chi connectivity index (χ0v) is 12.5. The third-order valence-corrected chi connectivity index (χ3v) is 5.34. The van der Waals surface area contributed by atoms with E-state index in [0.717, 1.165) is 25.6 Å². The van der Waals surface area contributed by atoms with Crippen LogP contribution in [-0.4, -0.2) is 47.3 Å². The van der Waals surface area contributed by atoms with Crippen molar-refractivity contribution in [2.75, 3.05) is 13.2 Å². The molecule has 21 heavy (non-hydrogen) atoms. The molecule has 0 aromatic carbocycles. The molecule has 4 heteroatoms. The molecule has 2 saturated carbocycles. The molecule has 3 atom stereocenters. The number of hydrogen-bond donors (Lipinski definition) is 0. The molecule has 0 bridgehead atoms. The monoisotopic (exact) mass is 288 g/mol. The Morgan fingerprint density at radius 3 is 2.81 bits per heavy atom. The van der Waals surface area contributed by atoms with Crippen LogP contribution in [0.25, 0.3) is 0 Å². The first-order chi connectivity index (χ1) is 10.4. The molecule has 1 aromatic heterocycles. The van der Waals surface area contributed by atoms with Gasteiger partial charge in [-0.05, 0) is 43.4 Å². The van der Waals surface area contributed by atoms with Gasteiger partial charge in [-0.25, -0.2) is 0 Å². The summed E-state index contributed by atoms with van der Waals surface area (Å²) in [7, 11) is 0. The van der Waals surface area contributed by atoms with E-state index in [0.29, 0.717) is 12.6 Å². The van der Waals surface area contributed by atoms with E-state index in [-0.39, 0.29) is 12.2 Å². The molecular formula is C17H24N2O2. The third kappa shape index (κ3) is 2.72. The maximum Gasteiger partial charge on any atom is 0.0992 e. The van der Waals surface area contributed by atoms with Crippen molar-refractivity contribution in [2.45, 2.75) is 63.0 Å². The van der Waals surface area contributed by atoms with Crippen LogP contribution in [0.3, 0.4) is 0 Å². The second-order valence-electron chi connectivity index (χ2n) is 6.51. The van der Waals surface area contributed by atoms with Crippen molar-refractivity contribution in [2.24, 2.45) is 0 Å². The Bertz CT molecular complexity index is 463. The van der Waals surface area contributed by atoms with Gasteiger partial charge in [0, 0.05) is 31.0 Å². The highest BCUT2D eigenvalue weighted by Crippen LogP contribution is 2.37. The van der Waals surface area contributed by atoms with E-state index in [9.17, 15) is 0 Å². The first-order valence-electron chi connectivity index (χ1n) is 8.30. The van der Waals surface area contributed by atoms with Gasteiger partial charge in [0.15, 0.2) is 0 Å². The minimum atomic E-state index is 0.256. The summed E-state index contributed by atoms with van der Waals surface area (Å²) >= 11 is 0. The van der Waals surface area contributed by atoms with E-state index in [2.05, 4.69) is 9.88 Å². The summed E-state index contributed by atoms with van der Waals surface area (Å²) in [4.78, 5) is 6.76. The predicted octanol–water partition coefficient (Wildman–Crippen LogP) is 2.38. The summed E-state index contributed by atoms with van der Waals surface area (Å²) in [5.41, 5.74) is 1.19. The topological polar surface area (TPSA) is 34.6 Å². The highest BCUT2D eigenvalue weighted by molar-refractivity contribution is 5.08. The van der Waals surface area contributed by atoms with Crippen LogP contribution in [0.5, 0.6) is 0 Å². The molecule has 0 N–H and O–H groups in total. The molecule has 114 valence electrons. The summed E-state index contributed by atoms with van der Waals surface area (Å²) in [6.07, 6.45) is 10.7. The number of hydrogen-bond acceptors (Lipinski definition) is 4. The normalized spacial score (nSPS) is 33.6. The fourth-order valence-corrected chi connectivity index (χ4v) is 3.98. The van der Waals surface area contributed by atoms with Gasteiger partial charge >= 0.3 is 0 Å². The molecule has 2 aliphatic carbocycles. The molecule has 1 aliphatic heterocycles. The Balaban J connectivity index is 1.37. The molecule has 4 nitrogen and oxygen atoms in total. The standard InChI is InChI=1S/C17H24N2O2/c1-2-14(3-1)19-10-11-20-17-15(19)4-5-16(17)21-12-13-6-8-18-9-7-13/h6-9,14-17H,1-5,10-12H2/t15-,16+,17+/m0/s1. The summed E-state index contributed by atoms with van der Waals surface area (Å²) in [5, 5.41) is 0. The van der Waals surface area contributed by atoms with Gasteiger partial charge in [-0.2, -0.15) is 0 Å². The lowest BCUT2D eigenvalue weighted by Crippen LogP contribution is -2.56. The number of nitrogens with zero attached hydrogens (tertiary/aromatic N) is 2. The van der Waals surface area contributed by atoms with Crippen molar-refractivity contribution >= 4 is 0 Å². The lowest BCUT2D eigenvalue weighted by atomic mass is 9.89. The maximum absolute atomic E-state index is 6.16. The second-order valence-corrected chi connectivity index (χ2v) is 6.51. The summed E-state index contributed by atoms with van der Waals surface area (Å²) in [6, 6.07) is 5.45. The SMILES string of the molecule is c1cc(CO[C@@H]2CC[C@H]3[C@H]2OCCN3C2CCC2)ccn1. The van der Waals surface area contributed by atoms with E-state index in [1.54, 1.807) is 0 Å². The number of fused-ring (bicyclic) bond motifs is 1. The molecule has 3 fully saturated rings. The first kappa shape index (κ1) is 13.7. The molecule has 2 heterocycles. The minimum absolute atomic E-state index is 0.256. The fourth-order valence-electron chi connectivity index (χ4n) is 3.98. The quantitative estimate of drug-likeness (QED) is 0.852. The van der Waals surface area contributed by atoms with Crippen LogP contribution in [0, 0.1) is 0 Å². The van der Waals surface area contributed by atoms with Crippen LogP contribution in [0.15, 0.2) is 24.5 Å². The van der Waals surface area contributed by atoms with Crippen LogP contribution in [0.1, 0.15) is 37.7 Å². The van der Waals surface area contributed by atoms with Gasteiger partial charge < -0.3 is 9.47 Å². The fraction of sp³-hybridized carbons (Fsp3) is 0.706. The van der Waals surface area contributed by atoms with Crippen molar-refractivity contribution in [1.29, 1.82) is 0 Å². The van der Waals surface area contributed by atoms with Gasteiger partial charge in [0.25, 0.3) is 0 Å². The zero-order chi connectivity index (χ0) is 14.1. The highest BCUT2D eigenvalue weighted by Gasteiger charge is 2.46. The average molecular weight is 288 g/mol. The van der Waals surface area contributed by atoms with Crippen molar-refractivity contribution in [3.05, 3.63) is 30.1 Å². The molecule has 0 amide bonds. The van der Waals surface area contributed by atoms with Gasteiger partial charge in [-0.1, -0.05) is 6.42 Å². The number of aromatic nitrogens is 1. The van der Waals surface area contributed by atoms with Gasteiger partial charge in [-0.15, -0.1) is 0 Å². The summed E-state index contributed by atoms with van der Waals surface area (Å²) in [6.45, 7) is 2.65. The van der Waals surface area contributed by atoms with E-state index in [1.165, 1.54) is 31.2 Å². The number of rotatable bonds is 4. The minimum Gasteiger partial charge on any atom is -0.373 e. The third-order valence-electron chi connectivity index (χ3n) is 5.34. The molecule has 0 unspecified atom stereocenters. The molecule has 4 rings (SSSR count). The second kappa shape index (κ2) is 6.03. The Morgan fingerprint density at radius 2 is 2.05 bits per heavy atom. The maximum atomic E-state index is 6.16. The van der Waals surface area contributed by atoms with Crippen LogP contribution in [0.4, 0.5) is 0 Å². The van der Waals surface area contributed by atoms with Gasteiger partial charge in [0.05, 0.1) is 25.4 Å². The first-order valence-corrected chi connectivity index (χ1v) is 8.30. The Labute approximate surface area is 126 Å². The van der Waals surface area contributed by atoms with E-state index < -0.39 is 0 Å². The van der Waals surface area contributed by atoms with Crippen molar-refractivity contribution in [3.63, 3.8) is 0 Å². The number of pyridine rings is 1. The van der Waals surface area contributed by atoms with Crippen molar-refractivity contribution in [3.8, 4) is 0 Å². The molecular weight excluding hydrogens is 264 g/mol. The smallest absolute Gasteiger partial charge is 0.0992 e. The number of ether oxygens (including phenoxy) is 2. The van der Waals surface area contributed by atoms with Crippen LogP contribution in [-0.2, 0) is 16.1 Å². The summed E-state index contributed by atoms with van der Waals surface area (Å²) in [5.74, 6) is 0. The highest BCUT2D eigenvalue weighted by atomic mass is 16.5. The van der Waals surface area contributed by atoms with Gasteiger partial charge in [-0.3, -0.25) is 9.88 Å². The van der Waals surface area contributed by atoms with Crippen molar-refractivity contribution < 1.29 is 9.47 Å². The molecule has 0 spiro atoms. The molecule has 3 aliphatic rings. The largest absolute Gasteiger partial charge is 0.373 e. The predicted molar refractivity (Wildman–Crippen MR) is 79.9 cm³/mol. The zero-order valence-electron chi connectivity index (χ0n) is 12.5. The molecule has 1 saturated heterocycles. The molecule has 0 radical (unpaired) electrons. The van der Waals surface area contributed by atoms with Crippen LogP contribution in [0.2, 0.25) is 0 Å². The Hall–Kier alpha value is -0.970. The molecule has 1 aromatic rings. The average Bonchev–Trinajstić information content (AvgIpc) is 2.89. The number of morpholine rings is 1. The van der Waals surface area contributed by atoms with Crippen molar-refractivity contribution in [1.82, 2.24) is 9.88 Å². The lowest BCUT2D eigenvalue weighted by molar-refractivity contribution is -0.131. The van der Waals surface area contributed by atoms with E-state index >= 15 is 0 Å². The van der Waals surface area contributed by atoms with Crippen LogP contribution < -0.4 is 0 Å². The van der Waals surface area contributed by atoms with Crippen LogP contribution >= 0.6 is 0 Å². The van der Waals surface area contributed by atoms with Gasteiger partial charge in [0.1, 0.15) is 0 Å². The Kier molecular flexibility index (Phi) is 3.93. The van der Waals surface area contributed by atoms with E-state index in [1.807, 2.05) is 24.5 Å². The lowest BCUT2D eigenvalue weighted by Gasteiger charge is -2.46. The summed E-state index contributed by atoms with van der Waals surface area (Å²) < 4.78 is 12.2. The van der Waals surface area contributed by atoms with E-state index in [4.69, 9.17) is 9.47 Å². The Morgan fingerprint density at radius 1 is 1.19 bits per heavy atom.